The molecule has 3 N–H and O–H groups in total. The Labute approximate surface area is 155 Å². The van der Waals surface area contributed by atoms with Gasteiger partial charge in [-0.2, -0.15) is 0 Å². The molecule has 1 amide bonds. The number of ether oxygens (including phenoxy) is 2. The van der Waals surface area contributed by atoms with Crippen molar-refractivity contribution >= 4 is 28.3 Å². The highest BCUT2D eigenvalue weighted by Gasteiger charge is 2.19. The van der Waals surface area contributed by atoms with Gasteiger partial charge in [0.2, 0.25) is 0 Å². The molecular weight excluding hydrogens is 348 g/mol. The van der Waals surface area contributed by atoms with E-state index in [0.29, 0.717) is 41.9 Å². The Morgan fingerprint density at radius 3 is 3.15 bits per heavy atom. The summed E-state index contributed by atoms with van der Waals surface area (Å²) >= 11 is 0. The van der Waals surface area contributed by atoms with Crippen molar-refractivity contribution in [2.45, 2.75) is 6.42 Å². The molecule has 3 aromatic heterocycles. The molecule has 0 radical (unpaired) electrons. The van der Waals surface area contributed by atoms with E-state index in [1.54, 1.807) is 36.1 Å². The average molecular weight is 368 g/mol. The van der Waals surface area contributed by atoms with Crippen LogP contribution < -0.4 is 15.8 Å². The highest BCUT2D eigenvalue weighted by atomic mass is 16.5. The number of aryl methyl sites for hydroxylation is 1. The zero-order valence-corrected chi connectivity index (χ0v) is 14.9. The molecule has 0 saturated carbocycles. The Bertz CT molecular complexity index is 980. The van der Waals surface area contributed by atoms with E-state index in [1.807, 2.05) is 0 Å². The first-order chi connectivity index (χ1) is 13.1. The lowest BCUT2D eigenvalue weighted by Crippen LogP contribution is -2.15. The van der Waals surface area contributed by atoms with E-state index in [0.717, 1.165) is 18.5 Å². The SMILES string of the molecule is Cn1nc(OCC2CCOC2)c2ncc(NC(=O)c3ncccc3N)cc21. The van der Waals surface area contributed by atoms with Crippen LogP contribution in [0, 0.1) is 5.92 Å². The molecule has 3 aromatic rings. The van der Waals surface area contributed by atoms with Crippen LogP contribution in [0.25, 0.3) is 11.0 Å². The summed E-state index contributed by atoms with van der Waals surface area (Å²) in [5.41, 5.74) is 8.21. The fraction of sp³-hybridized carbons (Fsp3) is 0.333. The van der Waals surface area contributed by atoms with Gasteiger partial charge < -0.3 is 20.5 Å². The molecule has 1 aliphatic heterocycles. The highest BCUT2D eigenvalue weighted by Crippen LogP contribution is 2.26. The number of nitrogens with one attached hydrogen (secondary N) is 1. The number of rotatable bonds is 5. The molecule has 140 valence electrons. The maximum Gasteiger partial charge on any atom is 0.276 e. The van der Waals surface area contributed by atoms with Crippen LogP contribution in [0.4, 0.5) is 11.4 Å². The van der Waals surface area contributed by atoms with Crippen LogP contribution in [0.2, 0.25) is 0 Å². The van der Waals surface area contributed by atoms with Gasteiger partial charge in [-0.1, -0.05) is 0 Å². The Balaban J connectivity index is 1.53. The minimum Gasteiger partial charge on any atom is -0.475 e. The molecule has 4 rings (SSSR count). The van der Waals surface area contributed by atoms with Crippen LogP contribution in [0.3, 0.4) is 0 Å². The molecule has 9 heteroatoms. The third-order valence-electron chi connectivity index (χ3n) is 4.45. The molecule has 0 aliphatic carbocycles. The molecular formula is C18H20N6O3. The van der Waals surface area contributed by atoms with Crippen LogP contribution in [0.15, 0.2) is 30.6 Å². The molecule has 1 unspecified atom stereocenters. The van der Waals surface area contributed by atoms with E-state index in [9.17, 15) is 4.79 Å². The van der Waals surface area contributed by atoms with Crippen molar-refractivity contribution in [3.8, 4) is 5.88 Å². The summed E-state index contributed by atoms with van der Waals surface area (Å²) in [6, 6.07) is 5.09. The lowest BCUT2D eigenvalue weighted by Gasteiger charge is -2.08. The van der Waals surface area contributed by atoms with Gasteiger partial charge in [-0.25, -0.2) is 9.97 Å². The molecule has 0 spiro atoms. The first kappa shape index (κ1) is 17.2. The number of fused-ring (bicyclic) bond motifs is 1. The number of carbonyl (C=O) groups is 1. The maximum absolute atomic E-state index is 12.4. The van der Waals surface area contributed by atoms with Crippen molar-refractivity contribution in [2.24, 2.45) is 13.0 Å². The predicted octanol–water partition coefficient (Wildman–Crippen LogP) is 1.61. The zero-order chi connectivity index (χ0) is 18.8. The quantitative estimate of drug-likeness (QED) is 0.702. The Morgan fingerprint density at radius 1 is 1.48 bits per heavy atom. The van der Waals surface area contributed by atoms with Crippen molar-refractivity contribution < 1.29 is 14.3 Å². The van der Waals surface area contributed by atoms with Crippen molar-refractivity contribution in [1.82, 2.24) is 19.7 Å². The van der Waals surface area contributed by atoms with Crippen molar-refractivity contribution in [1.29, 1.82) is 0 Å². The second-order valence-corrected chi connectivity index (χ2v) is 6.46. The van der Waals surface area contributed by atoms with Gasteiger partial charge >= 0.3 is 0 Å². The fourth-order valence-electron chi connectivity index (χ4n) is 2.98. The Hall–Kier alpha value is -3.20. The number of nitrogens with zero attached hydrogens (tertiary/aromatic N) is 4. The lowest BCUT2D eigenvalue weighted by atomic mass is 10.1. The third-order valence-corrected chi connectivity index (χ3v) is 4.45. The maximum atomic E-state index is 12.4. The number of amides is 1. The summed E-state index contributed by atoms with van der Waals surface area (Å²) in [5.74, 6) is 0.463. The molecule has 1 fully saturated rings. The monoisotopic (exact) mass is 368 g/mol. The summed E-state index contributed by atoms with van der Waals surface area (Å²) in [5, 5.41) is 7.15. The molecule has 1 aliphatic rings. The van der Waals surface area contributed by atoms with Crippen LogP contribution >= 0.6 is 0 Å². The van der Waals surface area contributed by atoms with Gasteiger partial charge in [0.25, 0.3) is 11.8 Å². The van der Waals surface area contributed by atoms with E-state index in [2.05, 4.69) is 20.4 Å². The zero-order valence-electron chi connectivity index (χ0n) is 14.9. The minimum absolute atomic E-state index is 0.172. The van der Waals surface area contributed by atoms with Gasteiger partial charge in [0, 0.05) is 25.8 Å². The van der Waals surface area contributed by atoms with Gasteiger partial charge in [0.15, 0.2) is 11.2 Å². The smallest absolute Gasteiger partial charge is 0.276 e. The van der Waals surface area contributed by atoms with Gasteiger partial charge in [0.1, 0.15) is 0 Å². The first-order valence-electron chi connectivity index (χ1n) is 8.67. The molecule has 4 heterocycles. The molecule has 9 nitrogen and oxygen atoms in total. The molecule has 0 aromatic carbocycles. The summed E-state index contributed by atoms with van der Waals surface area (Å²) in [6.45, 7) is 2.04. The van der Waals surface area contributed by atoms with Crippen LogP contribution in [0.1, 0.15) is 16.9 Å². The van der Waals surface area contributed by atoms with Gasteiger partial charge in [0.05, 0.1) is 36.3 Å². The Kier molecular flexibility index (Phi) is 4.59. The van der Waals surface area contributed by atoms with Crippen LogP contribution in [-0.2, 0) is 11.8 Å². The number of anilines is 2. The second-order valence-electron chi connectivity index (χ2n) is 6.46. The average Bonchev–Trinajstić information content (AvgIpc) is 3.28. The predicted molar refractivity (Wildman–Crippen MR) is 99.5 cm³/mol. The number of pyridine rings is 2. The number of nitrogens with two attached hydrogens (primary N) is 1. The summed E-state index contributed by atoms with van der Waals surface area (Å²) < 4.78 is 12.9. The largest absolute Gasteiger partial charge is 0.475 e. The first-order valence-corrected chi connectivity index (χ1v) is 8.67. The number of carbonyl (C=O) groups excluding carboxylic acids is 1. The van der Waals surface area contributed by atoms with Crippen LogP contribution in [0.5, 0.6) is 5.88 Å². The summed E-state index contributed by atoms with van der Waals surface area (Å²) in [7, 11) is 1.80. The molecule has 1 saturated heterocycles. The van der Waals surface area contributed by atoms with Crippen molar-refractivity contribution in [2.75, 3.05) is 30.9 Å². The van der Waals surface area contributed by atoms with Gasteiger partial charge in [-0.3, -0.25) is 9.48 Å². The summed E-state index contributed by atoms with van der Waals surface area (Å²) in [4.78, 5) is 20.8. The van der Waals surface area contributed by atoms with E-state index < -0.39 is 5.91 Å². The minimum atomic E-state index is -0.394. The van der Waals surface area contributed by atoms with Gasteiger partial charge in [-0.05, 0) is 24.6 Å². The van der Waals surface area contributed by atoms with E-state index in [-0.39, 0.29) is 5.69 Å². The standard InChI is InChI=1S/C18H20N6O3/c1-24-14-7-12(22-17(25)15-13(19)3-2-5-20-15)8-21-16(14)18(23-24)27-10-11-4-6-26-9-11/h2-3,5,7-8,11H,4,6,9-10,19H2,1H3,(H,22,25). The normalized spacial score (nSPS) is 16.6. The third kappa shape index (κ3) is 3.54. The molecule has 1 atom stereocenters. The molecule has 0 bridgehead atoms. The van der Waals surface area contributed by atoms with Crippen molar-refractivity contribution in [3.05, 3.63) is 36.3 Å². The van der Waals surface area contributed by atoms with E-state index in [4.69, 9.17) is 15.2 Å². The van der Waals surface area contributed by atoms with Crippen molar-refractivity contribution in [3.63, 3.8) is 0 Å². The van der Waals surface area contributed by atoms with Crippen LogP contribution in [-0.4, -0.2) is 45.5 Å². The molecule has 27 heavy (non-hydrogen) atoms. The number of hydrogen-bond acceptors (Lipinski definition) is 7. The number of nitrogen functional groups attached to an aromatic ring is 1. The fourth-order valence-corrected chi connectivity index (χ4v) is 2.98. The lowest BCUT2D eigenvalue weighted by molar-refractivity contribution is 0.102. The van der Waals surface area contributed by atoms with Gasteiger partial charge in [-0.15, -0.1) is 5.10 Å². The van der Waals surface area contributed by atoms with E-state index >= 15 is 0 Å². The topological polar surface area (TPSA) is 117 Å². The highest BCUT2D eigenvalue weighted by molar-refractivity contribution is 6.06. The Morgan fingerprint density at radius 2 is 2.37 bits per heavy atom. The second kappa shape index (κ2) is 7.20. The number of hydrogen-bond donors (Lipinski definition) is 2. The summed E-state index contributed by atoms with van der Waals surface area (Å²) in [6.07, 6.45) is 4.07. The van der Waals surface area contributed by atoms with E-state index in [1.165, 1.54) is 6.20 Å². The number of aromatic nitrogens is 4.